The summed E-state index contributed by atoms with van der Waals surface area (Å²) in [5.74, 6) is 0. The van der Waals surface area contributed by atoms with Gasteiger partial charge in [0.1, 0.15) is 0 Å². The lowest BCUT2D eigenvalue weighted by Crippen LogP contribution is -2.40. The minimum Gasteiger partial charge on any atom is -0.330 e. The molecular formula is C29H48N4. The highest BCUT2D eigenvalue weighted by Gasteiger charge is 2.23. The Hall–Kier alpha value is -1.72. The molecule has 0 unspecified atom stereocenters. The molecule has 4 heteroatoms. The first-order valence-corrected chi connectivity index (χ1v) is 13.2. The number of nitrogens with two attached hydrogens (primary N) is 2. The maximum Gasteiger partial charge on any atom is 0.0205 e. The number of hydrogen-bond acceptors (Lipinski definition) is 4. The summed E-state index contributed by atoms with van der Waals surface area (Å²) in [7, 11) is 0. The molecule has 0 aliphatic carbocycles. The van der Waals surface area contributed by atoms with E-state index in [1.54, 1.807) is 0 Å². The molecule has 0 aliphatic rings. The van der Waals surface area contributed by atoms with Gasteiger partial charge in [-0.25, -0.2) is 0 Å². The Morgan fingerprint density at radius 3 is 1.42 bits per heavy atom. The average molecular weight is 453 g/mol. The Morgan fingerprint density at radius 1 is 0.545 bits per heavy atom. The summed E-state index contributed by atoms with van der Waals surface area (Å²) in [6.07, 6.45) is 13.1. The predicted octanol–water partition coefficient (Wildman–Crippen LogP) is 5.51. The number of nitrogens with one attached hydrogen (secondary N) is 2. The second kappa shape index (κ2) is 17.7. The maximum atomic E-state index is 6.96. The van der Waals surface area contributed by atoms with Crippen LogP contribution in [0.5, 0.6) is 0 Å². The molecule has 0 fully saturated rings. The molecule has 0 spiro atoms. The first-order valence-electron chi connectivity index (χ1n) is 13.2. The molecule has 0 aliphatic heterocycles. The summed E-state index contributed by atoms with van der Waals surface area (Å²) in [6, 6.07) is 21.3. The monoisotopic (exact) mass is 452 g/mol. The Bertz CT molecular complexity index is 638. The van der Waals surface area contributed by atoms with Gasteiger partial charge in [0, 0.05) is 18.6 Å². The number of benzene rings is 2. The molecule has 2 aromatic carbocycles. The molecule has 0 radical (unpaired) electrons. The zero-order chi connectivity index (χ0) is 23.5. The van der Waals surface area contributed by atoms with Gasteiger partial charge in [0.25, 0.3) is 0 Å². The van der Waals surface area contributed by atoms with Gasteiger partial charge < -0.3 is 22.1 Å². The van der Waals surface area contributed by atoms with Crippen molar-refractivity contribution < 1.29 is 0 Å². The van der Waals surface area contributed by atoms with Crippen molar-refractivity contribution in [3.05, 3.63) is 71.8 Å². The van der Waals surface area contributed by atoms with Crippen LogP contribution < -0.4 is 22.1 Å². The van der Waals surface area contributed by atoms with Gasteiger partial charge in [0.15, 0.2) is 0 Å². The minimum absolute atomic E-state index is 0.0123. The van der Waals surface area contributed by atoms with Gasteiger partial charge in [-0.1, -0.05) is 92.8 Å². The van der Waals surface area contributed by atoms with Crippen LogP contribution in [0.3, 0.4) is 0 Å². The maximum absolute atomic E-state index is 6.96. The van der Waals surface area contributed by atoms with Crippen molar-refractivity contribution >= 4 is 0 Å². The fraction of sp³-hybridized carbons (Fsp3) is 0.586. The number of hydrogen-bond donors (Lipinski definition) is 4. The minimum atomic E-state index is -0.0123. The van der Waals surface area contributed by atoms with Gasteiger partial charge in [-0.15, -0.1) is 0 Å². The third-order valence-corrected chi connectivity index (χ3v) is 6.53. The topological polar surface area (TPSA) is 76.1 Å². The highest BCUT2D eigenvalue weighted by molar-refractivity contribution is 5.14. The summed E-state index contributed by atoms with van der Waals surface area (Å²) in [4.78, 5) is 0. The zero-order valence-corrected chi connectivity index (χ0v) is 20.7. The molecule has 184 valence electrons. The largest absolute Gasteiger partial charge is 0.330 e. The Labute approximate surface area is 202 Å². The highest BCUT2D eigenvalue weighted by Crippen LogP contribution is 2.25. The van der Waals surface area contributed by atoms with Crippen molar-refractivity contribution in [1.29, 1.82) is 0 Å². The molecule has 33 heavy (non-hydrogen) atoms. The van der Waals surface area contributed by atoms with Crippen LogP contribution in [0.4, 0.5) is 0 Å². The molecule has 0 bridgehead atoms. The van der Waals surface area contributed by atoms with Crippen molar-refractivity contribution in [2.24, 2.45) is 11.5 Å². The molecule has 2 aromatic rings. The summed E-state index contributed by atoms with van der Waals surface area (Å²) in [5.41, 5.74) is 15.3. The number of unbranched alkanes of at least 4 members (excludes halogenated alkanes) is 5. The van der Waals surface area contributed by atoms with Crippen LogP contribution in [0.15, 0.2) is 60.7 Å². The molecule has 6 N–H and O–H groups in total. The van der Waals surface area contributed by atoms with Crippen LogP contribution in [-0.4, -0.2) is 25.2 Å². The van der Waals surface area contributed by atoms with E-state index in [-0.39, 0.29) is 5.54 Å². The molecule has 0 amide bonds. The van der Waals surface area contributed by atoms with Gasteiger partial charge >= 0.3 is 0 Å². The fourth-order valence-corrected chi connectivity index (χ4v) is 4.46. The van der Waals surface area contributed by atoms with Gasteiger partial charge in [0.05, 0.1) is 0 Å². The molecular weight excluding hydrogens is 404 g/mol. The van der Waals surface area contributed by atoms with E-state index in [0.29, 0.717) is 0 Å². The third kappa shape index (κ3) is 13.5. The van der Waals surface area contributed by atoms with Crippen LogP contribution in [0.1, 0.15) is 81.8 Å². The molecule has 2 rings (SSSR count). The SMILES string of the molecule is NCCCCCCC(N)(CCCCNCc1ccccc1)CCCCNCc1ccccc1. The van der Waals surface area contributed by atoms with E-state index in [1.165, 1.54) is 56.1 Å². The Kier molecular flexibility index (Phi) is 14.8. The van der Waals surface area contributed by atoms with Crippen molar-refractivity contribution in [1.82, 2.24) is 10.6 Å². The van der Waals surface area contributed by atoms with Crippen LogP contribution >= 0.6 is 0 Å². The Morgan fingerprint density at radius 2 is 0.970 bits per heavy atom. The van der Waals surface area contributed by atoms with Crippen molar-refractivity contribution in [3.63, 3.8) is 0 Å². The number of rotatable bonds is 20. The summed E-state index contributed by atoms with van der Waals surface area (Å²) >= 11 is 0. The quantitative estimate of drug-likeness (QED) is 0.200. The second-order valence-electron chi connectivity index (χ2n) is 9.55. The lowest BCUT2D eigenvalue weighted by molar-refractivity contribution is 0.305. The van der Waals surface area contributed by atoms with Crippen LogP contribution in [-0.2, 0) is 13.1 Å². The third-order valence-electron chi connectivity index (χ3n) is 6.53. The van der Waals surface area contributed by atoms with E-state index in [1.807, 2.05) is 0 Å². The molecule has 0 saturated heterocycles. The molecule has 0 heterocycles. The molecule has 0 aromatic heterocycles. The van der Waals surface area contributed by atoms with Crippen LogP contribution in [0, 0.1) is 0 Å². The van der Waals surface area contributed by atoms with E-state index in [4.69, 9.17) is 11.5 Å². The molecule has 4 nitrogen and oxygen atoms in total. The van der Waals surface area contributed by atoms with E-state index >= 15 is 0 Å². The van der Waals surface area contributed by atoms with Crippen LogP contribution in [0.2, 0.25) is 0 Å². The zero-order valence-electron chi connectivity index (χ0n) is 20.7. The average Bonchev–Trinajstić information content (AvgIpc) is 2.85. The van der Waals surface area contributed by atoms with Gasteiger partial charge in [0.2, 0.25) is 0 Å². The van der Waals surface area contributed by atoms with E-state index in [2.05, 4.69) is 71.3 Å². The highest BCUT2D eigenvalue weighted by atomic mass is 14.8. The van der Waals surface area contributed by atoms with Gasteiger partial charge in [-0.2, -0.15) is 0 Å². The summed E-state index contributed by atoms with van der Waals surface area (Å²) in [5, 5.41) is 7.15. The van der Waals surface area contributed by atoms with Crippen molar-refractivity contribution in [3.8, 4) is 0 Å². The van der Waals surface area contributed by atoms with E-state index in [0.717, 1.165) is 58.4 Å². The first kappa shape index (κ1) is 27.5. The Balaban J connectivity index is 1.62. The second-order valence-corrected chi connectivity index (χ2v) is 9.55. The lowest BCUT2D eigenvalue weighted by Gasteiger charge is -2.30. The predicted molar refractivity (Wildman–Crippen MR) is 143 cm³/mol. The standard InChI is InChI=1S/C29H48N4/c30-22-12-2-1-9-19-29(31,20-10-13-23-32-25-27-15-5-3-6-16-27)21-11-14-24-33-26-28-17-7-4-8-18-28/h3-8,15-18,32-33H,1-2,9-14,19-26,30-31H2. The molecule has 0 atom stereocenters. The van der Waals surface area contributed by atoms with Crippen LogP contribution in [0.25, 0.3) is 0 Å². The fourth-order valence-electron chi connectivity index (χ4n) is 4.46. The normalized spacial score (nSPS) is 11.7. The van der Waals surface area contributed by atoms with Crippen molar-refractivity contribution in [2.45, 2.75) is 89.3 Å². The van der Waals surface area contributed by atoms with E-state index in [9.17, 15) is 0 Å². The first-order chi connectivity index (χ1) is 16.2. The smallest absolute Gasteiger partial charge is 0.0205 e. The summed E-state index contributed by atoms with van der Waals surface area (Å²) in [6.45, 7) is 4.83. The summed E-state index contributed by atoms with van der Waals surface area (Å²) < 4.78 is 0. The van der Waals surface area contributed by atoms with E-state index < -0.39 is 0 Å². The van der Waals surface area contributed by atoms with Gasteiger partial charge in [-0.05, 0) is 69.3 Å². The van der Waals surface area contributed by atoms with Gasteiger partial charge in [-0.3, -0.25) is 0 Å². The molecule has 0 saturated carbocycles. The van der Waals surface area contributed by atoms with Crippen molar-refractivity contribution in [2.75, 3.05) is 19.6 Å². The lowest BCUT2D eigenvalue weighted by atomic mass is 9.83.